The van der Waals surface area contributed by atoms with E-state index in [0.29, 0.717) is 24.9 Å². The van der Waals surface area contributed by atoms with Crippen LogP contribution >= 0.6 is 0 Å². The highest BCUT2D eigenvalue weighted by molar-refractivity contribution is 5.28. The number of likely N-dealkylation sites (tertiary alicyclic amines) is 1. The number of alkyl halides is 6. The van der Waals surface area contributed by atoms with Gasteiger partial charge in [-0.1, -0.05) is 18.2 Å². The molecule has 1 aromatic carbocycles. The normalized spacial score (nSPS) is 20.9. The zero-order valence-electron chi connectivity index (χ0n) is 13.4. The lowest BCUT2D eigenvalue weighted by Gasteiger charge is -2.35. The van der Waals surface area contributed by atoms with Gasteiger partial charge in [0, 0.05) is 19.5 Å². The van der Waals surface area contributed by atoms with E-state index in [0.717, 1.165) is 12.1 Å². The van der Waals surface area contributed by atoms with Crippen LogP contribution in [0.5, 0.6) is 0 Å². The molecule has 0 spiro atoms. The molecular formula is C17H18F6N2. The molecule has 0 bridgehead atoms. The van der Waals surface area contributed by atoms with Crippen LogP contribution in [0.4, 0.5) is 26.3 Å². The van der Waals surface area contributed by atoms with Gasteiger partial charge in [0.05, 0.1) is 17.6 Å². The molecule has 0 N–H and O–H groups in total. The number of rotatable bonds is 4. The number of hydrogen-bond donors (Lipinski definition) is 0. The lowest BCUT2D eigenvalue weighted by molar-refractivity contribution is -0.178. The van der Waals surface area contributed by atoms with E-state index in [1.807, 2.05) is 0 Å². The summed E-state index contributed by atoms with van der Waals surface area (Å²) in [6.45, 7) is 0.416. The molecule has 2 nitrogen and oxygen atoms in total. The lowest BCUT2D eigenvalue weighted by atomic mass is 9.89. The van der Waals surface area contributed by atoms with Crippen LogP contribution in [-0.2, 0) is 6.18 Å². The van der Waals surface area contributed by atoms with E-state index in [4.69, 9.17) is 5.26 Å². The summed E-state index contributed by atoms with van der Waals surface area (Å²) >= 11 is 0. The van der Waals surface area contributed by atoms with Crippen molar-refractivity contribution in [1.29, 1.82) is 5.26 Å². The van der Waals surface area contributed by atoms with E-state index in [9.17, 15) is 26.3 Å². The van der Waals surface area contributed by atoms with Crippen molar-refractivity contribution in [3.8, 4) is 6.07 Å². The molecular weight excluding hydrogens is 346 g/mol. The highest BCUT2D eigenvalue weighted by Crippen LogP contribution is 2.35. The largest absolute Gasteiger partial charge is 0.416 e. The first kappa shape index (κ1) is 19.6. The topological polar surface area (TPSA) is 27.0 Å². The van der Waals surface area contributed by atoms with Crippen LogP contribution in [0, 0.1) is 17.2 Å². The summed E-state index contributed by atoms with van der Waals surface area (Å²) in [5.41, 5.74) is -0.261. The summed E-state index contributed by atoms with van der Waals surface area (Å²) in [6, 6.07) is 6.52. The van der Waals surface area contributed by atoms with Gasteiger partial charge in [0.2, 0.25) is 0 Å². The van der Waals surface area contributed by atoms with Gasteiger partial charge in [0.15, 0.2) is 0 Å². The number of hydrogen-bond acceptors (Lipinski definition) is 2. The maximum absolute atomic E-state index is 13.0. The highest BCUT2D eigenvalue weighted by Gasteiger charge is 2.41. The SMILES string of the molecule is N#CC[C@H](CN1CCC[C@H](c2cccc(C(F)(F)F)c2)C1)C(F)(F)F. The Hall–Kier alpha value is -1.75. The summed E-state index contributed by atoms with van der Waals surface area (Å²) in [4.78, 5) is 1.60. The van der Waals surface area contributed by atoms with E-state index >= 15 is 0 Å². The number of halogens is 6. The summed E-state index contributed by atoms with van der Waals surface area (Å²) in [6.07, 6.45) is -8.28. The van der Waals surface area contributed by atoms with E-state index in [-0.39, 0.29) is 19.0 Å². The first-order chi connectivity index (χ1) is 11.6. The van der Waals surface area contributed by atoms with Crippen LogP contribution in [0.3, 0.4) is 0 Å². The average Bonchev–Trinajstić information content (AvgIpc) is 2.53. The Labute approximate surface area is 142 Å². The lowest BCUT2D eigenvalue weighted by Crippen LogP contribution is -2.41. The van der Waals surface area contributed by atoms with E-state index in [2.05, 4.69) is 0 Å². The Morgan fingerprint density at radius 2 is 1.92 bits per heavy atom. The van der Waals surface area contributed by atoms with E-state index < -0.39 is 30.3 Å². The predicted octanol–water partition coefficient (Wildman–Crippen LogP) is 4.98. The Morgan fingerprint density at radius 1 is 1.20 bits per heavy atom. The molecule has 8 heteroatoms. The Morgan fingerprint density at radius 3 is 2.52 bits per heavy atom. The van der Waals surface area contributed by atoms with Gasteiger partial charge in [-0.2, -0.15) is 31.6 Å². The van der Waals surface area contributed by atoms with Crippen molar-refractivity contribution < 1.29 is 26.3 Å². The fourth-order valence-corrected chi connectivity index (χ4v) is 3.17. The maximum atomic E-state index is 13.0. The Balaban J connectivity index is 2.09. The van der Waals surface area contributed by atoms with Crippen molar-refractivity contribution >= 4 is 0 Å². The molecule has 138 valence electrons. The third kappa shape index (κ3) is 5.36. The minimum absolute atomic E-state index is 0.244. The van der Waals surface area contributed by atoms with E-state index in [1.54, 1.807) is 17.0 Å². The van der Waals surface area contributed by atoms with Crippen molar-refractivity contribution in [2.24, 2.45) is 5.92 Å². The quantitative estimate of drug-likeness (QED) is 0.705. The fraction of sp³-hybridized carbons (Fsp3) is 0.588. The van der Waals surface area contributed by atoms with Gasteiger partial charge in [0.25, 0.3) is 0 Å². The molecule has 0 aromatic heterocycles. The molecule has 0 saturated carbocycles. The fourth-order valence-electron chi connectivity index (χ4n) is 3.17. The molecule has 0 aliphatic carbocycles. The third-order valence-corrected chi connectivity index (χ3v) is 4.47. The highest BCUT2D eigenvalue weighted by atomic mass is 19.4. The van der Waals surface area contributed by atoms with Crippen LogP contribution in [0.15, 0.2) is 24.3 Å². The van der Waals surface area contributed by atoms with Crippen LogP contribution in [0.2, 0.25) is 0 Å². The minimum Gasteiger partial charge on any atom is -0.302 e. The maximum Gasteiger partial charge on any atom is 0.416 e. The molecule has 0 unspecified atom stereocenters. The van der Waals surface area contributed by atoms with Crippen LogP contribution in [-0.4, -0.2) is 30.7 Å². The second kappa shape index (κ2) is 7.65. The van der Waals surface area contributed by atoms with Crippen LogP contribution in [0.25, 0.3) is 0 Å². The summed E-state index contributed by atoms with van der Waals surface area (Å²) < 4.78 is 77.4. The van der Waals surface area contributed by atoms with Crippen molar-refractivity contribution in [2.45, 2.75) is 37.5 Å². The number of piperidine rings is 1. The van der Waals surface area contributed by atoms with Gasteiger partial charge in [0.1, 0.15) is 0 Å². The molecule has 25 heavy (non-hydrogen) atoms. The third-order valence-electron chi connectivity index (χ3n) is 4.47. The number of benzene rings is 1. The van der Waals surface area contributed by atoms with Crippen molar-refractivity contribution in [1.82, 2.24) is 4.90 Å². The second-order valence-corrected chi connectivity index (χ2v) is 6.32. The zero-order chi connectivity index (χ0) is 18.7. The van der Waals surface area contributed by atoms with Gasteiger partial charge in [-0.05, 0) is 36.9 Å². The molecule has 2 atom stereocenters. The first-order valence-electron chi connectivity index (χ1n) is 7.94. The molecule has 1 aromatic rings. The molecule has 0 amide bonds. The smallest absolute Gasteiger partial charge is 0.302 e. The zero-order valence-corrected chi connectivity index (χ0v) is 13.4. The standard InChI is InChI=1S/C17H18F6N2/c18-16(19,20)14-5-1-3-12(9-14)13-4-2-8-25(10-13)11-15(6-7-24)17(21,22)23/h1,3,5,9,13,15H,2,4,6,8,10-11H2/t13-,15+/m0/s1. The Kier molecular flexibility index (Phi) is 5.99. The minimum atomic E-state index is -4.46. The van der Waals surface area contributed by atoms with Gasteiger partial charge >= 0.3 is 12.4 Å². The average molecular weight is 364 g/mol. The summed E-state index contributed by atoms with van der Waals surface area (Å²) in [7, 11) is 0. The number of nitrogens with zero attached hydrogens (tertiary/aromatic N) is 2. The molecule has 1 saturated heterocycles. The van der Waals surface area contributed by atoms with Crippen molar-refractivity contribution in [3.63, 3.8) is 0 Å². The molecule has 1 aliphatic heterocycles. The first-order valence-corrected chi connectivity index (χ1v) is 7.94. The molecule has 2 rings (SSSR count). The van der Waals surface area contributed by atoms with Gasteiger partial charge in [-0.15, -0.1) is 0 Å². The van der Waals surface area contributed by atoms with Gasteiger partial charge in [-0.3, -0.25) is 0 Å². The predicted molar refractivity (Wildman–Crippen MR) is 79.6 cm³/mol. The summed E-state index contributed by atoms with van der Waals surface area (Å²) in [5, 5.41) is 8.59. The summed E-state index contributed by atoms with van der Waals surface area (Å²) in [5.74, 6) is -1.98. The van der Waals surface area contributed by atoms with Gasteiger partial charge < -0.3 is 4.90 Å². The molecule has 1 aliphatic rings. The monoisotopic (exact) mass is 364 g/mol. The van der Waals surface area contributed by atoms with Crippen molar-refractivity contribution in [3.05, 3.63) is 35.4 Å². The molecule has 1 fully saturated rings. The van der Waals surface area contributed by atoms with Gasteiger partial charge in [-0.25, -0.2) is 0 Å². The second-order valence-electron chi connectivity index (χ2n) is 6.32. The molecule has 1 heterocycles. The van der Waals surface area contributed by atoms with Crippen molar-refractivity contribution in [2.75, 3.05) is 19.6 Å². The van der Waals surface area contributed by atoms with Crippen LogP contribution < -0.4 is 0 Å². The number of nitriles is 1. The van der Waals surface area contributed by atoms with E-state index in [1.165, 1.54) is 6.07 Å². The Bertz CT molecular complexity index is 617. The van der Waals surface area contributed by atoms with Crippen LogP contribution in [0.1, 0.15) is 36.3 Å². The molecule has 0 radical (unpaired) electrons.